The van der Waals surface area contributed by atoms with E-state index in [0.29, 0.717) is 22.4 Å². The first-order valence-corrected chi connectivity index (χ1v) is 15.0. The highest BCUT2D eigenvalue weighted by Crippen LogP contribution is 2.30. The molecule has 4 aromatic carbocycles. The van der Waals surface area contributed by atoms with Crippen LogP contribution in [0.15, 0.2) is 119 Å². The number of rotatable bonds is 11. The average Bonchev–Trinajstić information content (AvgIpc) is 3.41. The van der Waals surface area contributed by atoms with E-state index >= 15 is 0 Å². The average molecular weight is 590 g/mol. The SMILES string of the molecule is O=[N+]([O-])c1ccc(-n2c(SCc3ccccc3)nnc2C(Cc2ccccc2)NS(=O)(=O)c2ccc(F)cc2)cc1. The molecule has 0 bridgehead atoms. The summed E-state index contributed by atoms with van der Waals surface area (Å²) >= 11 is 1.40. The molecule has 208 valence electrons. The third-order valence-electron chi connectivity index (χ3n) is 6.20. The van der Waals surface area contributed by atoms with Crippen molar-refractivity contribution in [2.45, 2.75) is 28.3 Å². The van der Waals surface area contributed by atoms with E-state index in [1.165, 1.54) is 36.0 Å². The lowest BCUT2D eigenvalue weighted by Gasteiger charge is -2.20. The predicted octanol–water partition coefficient (Wildman–Crippen LogP) is 5.87. The first-order valence-electron chi connectivity index (χ1n) is 12.5. The van der Waals surface area contributed by atoms with Crippen molar-refractivity contribution in [3.8, 4) is 5.69 Å². The molecule has 1 aromatic heterocycles. The van der Waals surface area contributed by atoms with Crippen molar-refractivity contribution in [2.24, 2.45) is 0 Å². The van der Waals surface area contributed by atoms with Gasteiger partial charge in [0.05, 0.1) is 15.9 Å². The molecular formula is C29H24FN5O4S2. The Bertz CT molecular complexity index is 1730. The van der Waals surface area contributed by atoms with E-state index in [1.807, 2.05) is 60.7 Å². The first kappa shape index (κ1) is 28.1. The number of nitrogens with one attached hydrogen (secondary N) is 1. The second-order valence-electron chi connectivity index (χ2n) is 9.04. The van der Waals surface area contributed by atoms with Gasteiger partial charge in [0.1, 0.15) is 5.82 Å². The maximum Gasteiger partial charge on any atom is 0.269 e. The lowest BCUT2D eigenvalue weighted by Crippen LogP contribution is -2.32. The van der Waals surface area contributed by atoms with Gasteiger partial charge in [-0.25, -0.2) is 17.5 Å². The van der Waals surface area contributed by atoms with Crippen LogP contribution in [0.2, 0.25) is 0 Å². The largest absolute Gasteiger partial charge is 0.273 e. The van der Waals surface area contributed by atoms with Crippen LogP contribution in [0, 0.1) is 15.9 Å². The van der Waals surface area contributed by atoms with E-state index in [1.54, 1.807) is 16.7 Å². The lowest BCUT2D eigenvalue weighted by atomic mass is 10.1. The molecule has 0 radical (unpaired) electrons. The maximum atomic E-state index is 13.5. The number of nitrogens with zero attached hydrogens (tertiary/aromatic N) is 4. The fourth-order valence-electron chi connectivity index (χ4n) is 4.19. The van der Waals surface area contributed by atoms with Gasteiger partial charge in [-0.15, -0.1) is 10.2 Å². The van der Waals surface area contributed by atoms with Crippen LogP contribution in [0.1, 0.15) is 23.0 Å². The zero-order valence-electron chi connectivity index (χ0n) is 21.5. The number of halogens is 1. The molecule has 0 aliphatic heterocycles. The van der Waals surface area contributed by atoms with Gasteiger partial charge >= 0.3 is 0 Å². The molecule has 1 atom stereocenters. The third kappa shape index (κ3) is 6.85. The van der Waals surface area contributed by atoms with Gasteiger partial charge in [-0.05, 0) is 53.9 Å². The molecule has 5 aromatic rings. The summed E-state index contributed by atoms with van der Waals surface area (Å²) in [5.41, 5.74) is 2.34. The molecule has 41 heavy (non-hydrogen) atoms. The summed E-state index contributed by atoms with van der Waals surface area (Å²) < 4.78 is 44.8. The van der Waals surface area contributed by atoms with Gasteiger partial charge in [-0.3, -0.25) is 14.7 Å². The Balaban J connectivity index is 1.58. The monoisotopic (exact) mass is 589 g/mol. The fourth-order valence-corrected chi connectivity index (χ4v) is 6.30. The molecule has 0 aliphatic rings. The van der Waals surface area contributed by atoms with Gasteiger partial charge in [0, 0.05) is 23.6 Å². The normalized spacial score (nSPS) is 12.2. The van der Waals surface area contributed by atoms with E-state index < -0.39 is 26.8 Å². The van der Waals surface area contributed by atoms with E-state index in [-0.39, 0.29) is 17.0 Å². The van der Waals surface area contributed by atoms with Gasteiger partial charge in [0.15, 0.2) is 11.0 Å². The van der Waals surface area contributed by atoms with Crippen molar-refractivity contribution < 1.29 is 17.7 Å². The number of benzene rings is 4. The Morgan fingerprint density at radius 3 is 2.07 bits per heavy atom. The number of nitro groups is 1. The number of aromatic nitrogens is 3. The standard InChI is InChI=1S/C29H24FN5O4S2/c30-23-11-17-26(18-12-23)41(38,39)33-27(19-21-7-3-1-4-8-21)28-31-32-29(40-20-22-9-5-2-6-10-22)34(28)24-13-15-25(16-14-24)35(36)37/h1-18,27,33H,19-20H2. The van der Waals surface area contributed by atoms with Gasteiger partial charge in [0.25, 0.3) is 5.69 Å². The molecular weight excluding hydrogens is 565 g/mol. The minimum atomic E-state index is -4.10. The summed E-state index contributed by atoms with van der Waals surface area (Å²) in [6.45, 7) is 0. The number of sulfonamides is 1. The minimum Gasteiger partial charge on any atom is -0.273 e. The Morgan fingerprint density at radius 1 is 0.854 bits per heavy atom. The van der Waals surface area contributed by atoms with Gasteiger partial charge in [-0.2, -0.15) is 0 Å². The number of nitro benzene ring substituents is 1. The highest BCUT2D eigenvalue weighted by Gasteiger charge is 2.28. The molecule has 0 fully saturated rings. The van der Waals surface area contributed by atoms with E-state index in [0.717, 1.165) is 23.3 Å². The van der Waals surface area contributed by atoms with E-state index in [2.05, 4.69) is 14.9 Å². The van der Waals surface area contributed by atoms with Crippen LogP contribution in [0.4, 0.5) is 10.1 Å². The van der Waals surface area contributed by atoms with Crippen molar-refractivity contribution in [3.05, 3.63) is 142 Å². The molecule has 1 N–H and O–H groups in total. The first-order chi connectivity index (χ1) is 19.8. The Morgan fingerprint density at radius 2 is 1.46 bits per heavy atom. The van der Waals surface area contributed by atoms with Crippen LogP contribution >= 0.6 is 11.8 Å². The van der Waals surface area contributed by atoms with Gasteiger partial charge in [-0.1, -0.05) is 72.4 Å². The zero-order chi connectivity index (χ0) is 28.8. The highest BCUT2D eigenvalue weighted by molar-refractivity contribution is 7.98. The molecule has 0 saturated heterocycles. The van der Waals surface area contributed by atoms with Crippen LogP contribution in [-0.4, -0.2) is 28.1 Å². The molecule has 12 heteroatoms. The van der Waals surface area contributed by atoms with Crippen LogP contribution in [0.5, 0.6) is 0 Å². The fraction of sp³-hybridized carbons (Fsp3) is 0.103. The topological polar surface area (TPSA) is 120 Å². The summed E-state index contributed by atoms with van der Waals surface area (Å²) in [5.74, 6) is 0.308. The number of hydrogen-bond donors (Lipinski definition) is 1. The predicted molar refractivity (Wildman–Crippen MR) is 154 cm³/mol. The summed E-state index contributed by atoms with van der Waals surface area (Å²) in [5, 5.41) is 20.6. The number of thioether (sulfide) groups is 1. The minimum absolute atomic E-state index is 0.0836. The summed E-state index contributed by atoms with van der Waals surface area (Å²) in [6.07, 6.45) is 0.232. The van der Waals surface area contributed by atoms with Crippen molar-refractivity contribution in [1.29, 1.82) is 0 Å². The third-order valence-corrected chi connectivity index (χ3v) is 8.69. The Labute approximate surface area is 240 Å². The summed E-state index contributed by atoms with van der Waals surface area (Å²) in [4.78, 5) is 10.7. The molecule has 0 saturated carbocycles. The second kappa shape index (κ2) is 12.4. The number of non-ortho nitro benzene ring substituents is 1. The van der Waals surface area contributed by atoms with E-state index in [4.69, 9.17) is 0 Å². The highest BCUT2D eigenvalue weighted by atomic mass is 32.2. The Hall–Kier alpha value is -4.39. The van der Waals surface area contributed by atoms with Gasteiger partial charge in [0.2, 0.25) is 10.0 Å². The molecule has 5 rings (SSSR count). The maximum absolute atomic E-state index is 13.5. The molecule has 9 nitrogen and oxygen atoms in total. The molecule has 0 spiro atoms. The van der Waals surface area contributed by atoms with Crippen LogP contribution in [0.3, 0.4) is 0 Å². The Kier molecular flexibility index (Phi) is 8.53. The van der Waals surface area contributed by atoms with Crippen molar-refractivity contribution >= 4 is 27.5 Å². The van der Waals surface area contributed by atoms with Gasteiger partial charge < -0.3 is 0 Å². The van der Waals surface area contributed by atoms with Crippen LogP contribution in [-0.2, 0) is 22.2 Å². The smallest absolute Gasteiger partial charge is 0.269 e. The zero-order valence-corrected chi connectivity index (χ0v) is 23.1. The second-order valence-corrected chi connectivity index (χ2v) is 11.7. The van der Waals surface area contributed by atoms with Crippen molar-refractivity contribution in [2.75, 3.05) is 0 Å². The van der Waals surface area contributed by atoms with Crippen LogP contribution in [0.25, 0.3) is 5.69 Å². The van der Waals surface area contributed by atoms with Crippen molar-refractivity contribution in [1.82, 2.24) is 19.5 Å². The summed E-state index contributed by atoms with van der Waals surface area (Å²) in [7, 11) is -4.10. The van der Waals surface area contributed by atoms with E-state index in [9.17, 15) is 22.9 Å². The van der Waals surface area contributed by atoms with Crippen LogP contribution < -0.4 is 4.72 Å². The lowest BCUT2D eigenvalue weighted by molar-refractivity contribution is -0.384. The molecule has 1 unspecified atom stereocenters. The number of hydrogen-bond acceptors (Lipinski definition) is 7. The molecule has 1 heterocycles. The molecule has 0 aliphatic carbocycles. The molecule has 0 amide bonds. The quantitative estimate of drug-likeness (QED) is 0.116. The van der Waals surface area contributed by atoms with Crippen molar-refractivity contribution in [3.63, 3.8) is 0 Å². The summed E-state index contributed by atoms with van der Waals surface area (Å²) in [6, 6.07) is 28.6.